The van der Waals surface area contributed by atoms with Crippen LogP contribution < -0.4 is 0 Å². The molecule has 0 unspecified atom stereocenters. The number of benzene rings is 2. The zero-order valence-electron chi connectivity index (χ0n) is 9.73. The van der Waals surface area contributed by atoms with E-state index in [1.165, 1.54) is 0 Å². The van der Waals surface area contributed by atoms with Crippen molar-refractivity contribution >= 4 is 0 Å². The Morgan fingerprint density at radius 3 is 1.65 bits per heavy atom. The summed E-state index contributed by atoms with van der Waals surface area (Å²) in [5, 5.41) is 29.8. The van der Waals surface area contributed by atoms with Crippen LogP contribution in [0.1, 0.15) is 11.1 Å². The maximum Gasteiger partial charge on any atom is 0.133 e. The second-order valence-electron chi connectivity index (χ2n) is 4.04. The first-order valence-corrected chi connectivity index (χ1v) is 5.33. The average molecular weight is 230 g/mol. The van der Waals surface area contributed by atoms with Crippen molar-refractivity contribution in [1.82, 2.24) is 0 Å². The standard InChI is InChI=1S/C14H14O3/c1-8-12(15)9(2)14(17)11(13(8)16)10-6-4-3-5-7-10/h3-7,15-17H,1-2H3. The van der Waals surface area contributed by atoms with E-state index >= 15 is 0 Å². The number of phenols is 3. The van der Waals surface area contributed by atoms with Crippen molar-refractivity contribution in [2.45, 2.75) is 13.8 Å². The molecular formula is C14H14O3. The predicted octanol–water partition coefficient (Wildman–Crippen LogP) is 3.09. The lowest BCUT2D eigenvalue weighted by atomic mass is 9.96. The van der Waals surface area contributed by atoms with Crippen LogP contribution in [-0.4, -0.2) is 15.3 Å². The Kier molecular flexibility index (Phi) is 2.68. The molecule has 17 heavy (non-hydrogen) atoms. The Morgan fingerprint density at radius 1 is 0.706 bits per heavy atom. The van der Waals surface area contributed by atoms with Gasteiger partial charge in [-0.15, -0.1) is 0 Å². The highest BCUT2D eigenvalue weighted by atomic mass is 16.3. The zero-order valence-corrected chi connectivity index (χ0v) is 9.73. The molecule has 88 valence electrons. The Labute approximate surface area is 99.6 Å². The molecule has 3 N–H and O–H groups in total. The summed E-state index contributed by atoms with van der Waals surface area (Å²) in [5.74, 6) is -0.242. The van der Waals surface area contributed by atoms with Gasteiger partial charge in [-0.25, -0.2) is 0 Å². The minimum atomic E-state index is -0.0863. The van der Waals surface area contributed by atoms with Crippen LogP contribution in [0.2, 0.25) is 0 Å². The van der Waals surface area contributed by atoms with Gasteiger partial charge in [-0.05, 0) is 19.4 Å². The molecule has 2 rings (SSSR count). The van der Waals surface area contributed by atoms with E-state index in [1.54, 1.807) is 26.0 Å². The first-order valence-electron chi connectivity index (χ1n) is 5.33. The highest BCUT2D eigenvalue weighted by molar-refractivity contribution is 5.81. The second-order valence-corrected chi connectivity index (χ2v) is 4.04. The molecule has 0 fully saturated rings. The van der Waals surface area contributed by atoms with Crippen molar-refractivity contribution in [3.05, 3.63) is 41.5 Å². The van der Waals surface area contributed by atoms with Crippen molar-refractivity contribution in [1.29, 1.82) is 0 Å². The van der Waals surface area contributed by atoms with Gasteiger partial charge in [-0.3, -0.25) is 0 Å². The highest BCUT2D eigenvalue weighted by Crippen LogP contribution is 2.46. The average Bonchev–Trinajstić information content (AvgIpc) is 2.36. The maximum absolute atomic E-state index is 10.0. The zero-order chi connectivity index (χ0) is 12.6. The third-order valence-electron chi connectivity index (χ3n) is 2.96. The molecule has 0 spiro atoms. The summed E-state index contributed by atoms with van der Waals surface area (Å²) in [7, 11) is 0. The fourth-order valence-corrected chi connectivity index (χ4v) is 1.87. The molecule has 0 heterocycles. The van der Waals surface area contributed by atoms with E-state index in [9.17, 15) is 15.3 Å². The Bertz CT molecular complexity index is 530. The van der Waals surface area contributed by atoms with E-state index in [0.29, 0.717) is 22.3 Å². The van der Waals surface area contributed by atoms with Crippen molar-refractivity contribution in [2.75, 3.05) is 0 Å². The molecule has 0 aliphatic rings. The van der Waals surface area contributed by atoms with Crippen molar-refractivity contribution in [3.8, 4) is 28.4 Å². The minimum Gasteiger partial charge on any atom is -0.507 e. The molecule has 0 aliphatic heterocycles. The van der Waals surface area contributed by atoms with Gasteiger partial charge in [0, 0.05) is 11.1 Å². The van der Waals surface area contributed by atoms with Gasteiger partial charge in [-0.2, -0.15) is 0 Å². The third-order valence-corrected chi connectivity index (χ3v) is 2.96. The largest absolute Gasteiger partial charge is 0.507 e. The van der Waals surface area contributed by atoms with Gasteiger partial charge < -0.3 is 15.3 Å². The fourth-order valence-electron chi connectivity index (χ4n) is 1.87. The first kappa shape index (κ1) is 11.3. The van der Waals surface area contributed by atoms with Gasteiger partial charge in [0.05, 0.1) is 5.56 Å². The van der Waals surface area contributed by atoms with E-state index in [1.807, 2.05) is 18.2 Å². The van der Waals surface area contributed by atoms with Gasteiger partial charge in [0.15, 0.2) is 0 Å². The summed E-state index contributed by atoms with van der Waals surface area (Å²) < 4.78 is 0. The summed E-state index contributed by atoms with van der Waals surface area (Å²) in [6.07, 6.45) is 0. The number of aromatic hydroxyl groups is 3. The third kappa shape index (κ3) is 1.69. The molecule has 0 saturated heterocycles. The van der Waals surface area contributed by atoms with Crippen molar-refractivity contribution < 1.29 is 15.3 Å². The number of hydrogen-bond donors (Lipinski definition) is 3. The van der Waals surface area contributed by atoms with Gasteiger partial charge in [0.2, 0.25) is 0 Å². The molecule has 0 radical (unpaired) electrons. The van der Waals surface area contributed by atoms with Gasteiger partial charge in [-0.1, -0.05) is 30.3 Å². The van der Waals surface area contributed by atoms with Crippen molar-refractivity contribution in [3.63, 3.8) is 0 Å². The fraction of sp³-hybridized carbons (Fsp3) is 0.143. The Balaban J connectivity index is 2.80. The lowest BCUT2D eigenvalue weighted by Crippen LogP contribution is -1.89. The Morgan fingerprint density at radius 2 is 1.18 bits per heavy atom. The van der Waals surface area contributed by atoms with Crippen LogP contribution >= 0.6 is 0 Å². The first-order chi connectivity index (χ1) is 8.04. The molecule has 2 aromatic carbocycles. The summed E-state index contributed by atoms with van der Waals surface area (Å²) in [4.78, 5) is 0. The smallest absolute Gasteiger partial charge is 0.133 e. The second kappa shape index (κ2) is 4.01. The summed E-state index contributed by atoms with van der Waals surface area (Å²) >= 11 is 0. The quantitative estimate of drug-likeness (QED) is 0.705. The number of phenolic OH excluding ortho intramolecular Hbond substituents is 3. The SMILES string of the molecule is Cc1c(O)c(C)c(O)c(-c2ccccc2)c1O. The lowest BCUT2D eigenvalue weighted by Gasteiger charge is -2.14. The molecule has 0 atom stereocenters. The number of rotatable bonds is 1. The van der Waals surface area contributed by atoms with Gasteiger partial charge >= 0.3 is 0 Å². The van der Waals surface area contributed by atoms with Crippen LogP contribution in [0.25, 0.3) is 11.1 Å². The van der Waals surface area contributed by atoms with Crippen LogP contribution in [0.15, 0.2) is 30.3 Å². The topological polar surface area (TPSA) is 60.7 Å². The minimum absolute atomic E-state index is 0.0697. The molecule has 0 aliphatic carbocycles. The monoisotopic (exact) mass is 230 g/mol. The molecule has 3 heteroatoms. The van der Waals surface area contributed by atoms with Crippen LogP contribution in [0.3, 0.4) is 0 Å². The van der Waals surface area contributed by atoms with Gasteiger partial charge in [0.25, 0.3) is 0 Å². The predicted molar refractivity (Wildman–Crippen MR) is 66.3 cm³/mol. The molecular weight excluding hydrogens is 216 g/mol. The van der Waals surface area contributed by atoms with E-state index in [4.69, 9.17) is 0 Å². The summed E-state index contributed by atoms with van der Waals surface area (Å²) in [6, 6.07) is 9.10. The van der Waals surface area contributed by atoms with E-state index in [-0.39, 0.29) is 17.2 Å². The molecule has 2 aromatic rings. The van der Waals surface area contributed by atoms with Crippen LogP contribution in [0.5, 0.6) is 17.2 Å². The van der Waals surface area contributed by atoms with E-state index < -0.39 is 0 Å². The highest BCUT2D eigenvalue weighted by Gasteiger charge is 2.19. The normalized spacial score (nSPS) is 10.5. The summed E-state index contributed by atoms with van der Waals surface area (Å²) in [5.41, 5.74) is 1.82. The van der Waals surface area contributed by atoms with Crippen molar-refractivity contribution in [2.24, 2.45) is 0 Å². The summed E-state index contributed by atoms with van der Waals surface area (Å²) in [6.45, 7) is 3.23. The molecule has 0 bridgehead atoms. The Hall–Kier alpha value is -2.16. The number of hydrogen-bond acceptors (Lipinski definition) is 3. The van der Waals surface area contributed by atoms with Crippen LogP contribution in [0.4, 0.5) is 0 Å². The molecule has 3 nitrogen and oxygen atoms in total. The van der Waals surface area contributed by atoms with Crippen LogP contribution in [0, 0.1) is 13.8 Å². The molecule has 0 amide bonds. The van der Waals surface area contributed by atoms with E-state index in [2.05, 4.69) is 0 Å². The van der Waals surface area contributed by atoms with Gasteiger partial charge in [0.1, 0.15) is 17.2 Å². The van der Waals surface area contributed by atoms with E-state index in [0.717, 1.165) is 0 Å². The molecule has 0 saturated carbocycles. The maximum atomic E-state index is 10.0. The molecule has 0 aromatic heterocycles. The van der Waals surface area contributed by atoms with Crippen LogP contribution in [-0.2, 0) is 0 Å². The lowest BCUT2D eigenvalue weighted by molar-refractivity contribution is 0.420.